The number of carbonyl (C=O) groups excluding carboxylic acids is 7. The summed E-state index contributed by atoms with van der Waals surface area (Å²) in [5.74, 6) is -4.09. The van der Waals surface area contributed by atoms with Crippen molar-refractivity contribution < 1.29 is 48.2 Å². The summed E-state index contributed by atoms with van der Waals surface area (Å²) >= 11 is 1.01. The Morgan fingerprint density at radius 1 is 0.865 bits per heavy atom. The minimum absolute atomic E-state index is 0.0339. The van der Waals surface area contributed by atoms with Crippen molar-refractivity contribution in [3.63, 3.8) is 0 Å². The number of aliphatic carboxylic acids is 1. The molecule has 0 radical (unpaired) electrons. The van der Waals surface area contributed by atoms with E-state index in [2.05, 4.69) is 25.8 Å². The smallest absolute Gasteiger partial charge is 0.321 e. The largest absolute Gasteiger partial charge is 0.491 e. The molecule has 0 aliphatic carbocycles. The van der Waals surface area contributed by atoms with Crippen molar-refractivity contribution in [1.82, 2.24) is 48.5 Å². The number of likely N-dealkylation sites (tertiary alicyclic amines) is 2. The number of carboxylic acid groups (broad SMARTS) is 1. The van der Waals surface area contributed by atoms with E-state index < -0.39 is 52.7 Å². The molecule has 2 saturated heterocycles. The number of nitrogens with one attached hydrogen (secondary N) is 2. The number of carbonyl (C=O) groups is 8. The number of imide groups is 1. The number of carboxylic acids is 1. The number of fused-ring (bicyclic) bond motifs is 2. The number of ether oxygens (including phenoxy) is 1. The highest BCUT2D eigenvalue weighted by molar-refractivity contribution is 8.00. The number of nitrogens with two attached hydrogens (primary N) is 3. The van der Waals surface area contributed by atoms with E-state index in [1.807, 2.05) is 19.1 Å². The van der Waals surface area contributed by atoms with Crippen LogP contribution < -0.4 is 32.6 Å². The first-order chi connectivity index (χ1) is 35.3. The number of allylic oxidation sites excluding steroid dienone is 2. The van der Waals surface area contributed by atoms with Gasteiger partial charge in [0.15, 0.2) is 0 Å². The van der Waals surface area contributed by atoms with E-state index in [0.717, 1.165) is 16.7 Å². The summed E-state index contributed by atoms with van der Waals surface area (Å²) in [4.78, 5) is 114. The number of aryl methyl sites for hydroxylation is 4. The Morgan fingerprint density at radius 2 is 1.50 bits per heavy atom. The Morgan fingerprint density at radius 3 is 2.16 bits per heavy atom. The van der Waals surface area contributed by atoms with Crippen LogP contribution in [-0.2, 0) is 45.9 Å². The molecule has 0 saturated carbocycles. The van der Waals surface area contributed by atoms with Crippen LogP contribution in [0.1, 0.15) is 79.3 Å². The number of nitrogens with zero attached hydrogens (tertiary/aromatic N) is 10. The van der Waals surface area contributed by atoms with Gasteiger partial charge in [0, 0.05) is 76.0 Å². The monoisotopic (exact) mass is 1030 g/mol. The van der Waals surface area contributed by atoms with Gasteiger partial charge in [0.1, 0.15) is 28.7 Å². The van der Waals surface area contributed by atoms with Crippen molar-refractivity contribution in [2.75, 3.05) is 42.6 Å². The number of aromatic nitrogens is 8. The number of benzene rings is 2. The zero-order valence-corrected chi connectivity index (χ0v) is 41.8. The van der Waals surface area contributed by atoms with Crippen LogP contribution in [0.3, 0.4) is 0 Å². The van der Waals surface area contributed by atoms with Gasteiger partial charge >= 0.3 is 5.97 Å². The van der Waals surface area contributed by atoms with Crippen LogP contribution in [0.25, 0.3) is 22.1 Å². The molecule has 2 fully saturated rings. The second-order valence-corrected chi connectivity index (χ2v) is 19.2. The lowest BCUT2D eigenvalue weighted by molar-refractivity contribution is -0.142. The van der Waals surface area contributed by atoms with E-state index in [0.29, 0.717) is 65.2 Å². The highest BCUT2D eigenvalue weighted by Gasteiger charge is 2.40. The molecular formula is C48H55N15O10S. The number of amides is 7. The highest BCUT2D eigenvalue weighted by Crippen LogP contribution is 2.33. The predicted molar refractivity (Wildman–Crippen MR) is 270 cm³/mol. The molecular weight excluding hydrogens is 979 g/mol. The van der Waals surface area contributed by atoms with Crippen molar-refractivity contribution in [2.24, 2.45) is 30.2 Å². The SMILES string of the molecule is CCn1nc(C)cc1C(=O)Nc1nc2cc(C(N)=O)ccc2n1C/C=C/Cn1c(NC(=O)c2cc(C)nn2C)nc2cc(C(N)=O)cc(OCCC3CN(C(=O)CCN4C(=O)CC(SC[C@H](N)C(=O)O)C4=O)C3)c21. The minimum atomic E-state index is -1.21. The van der Waals surface area contributed by atoms with Gasteiger partial charge in [-0.15, -0.1) is 11.8 Å². The van der Waals surface area contributed by atoms with Crippen LogP contribution in [0.2, 0.25) is 0 Å². The zero-order valence-electron chi connectivity index (χ0n) is 40.9. The van der Waals surface area contributed by atoms with Gasteiger partial charge < -0.3 is 41.1 Å². The van der Waals surface area contributed by atoms with E-state index in [9.17, 15) is 38.4 Å². The molecule has 0 bridgehead atoms. The average molecular weight is 1030 g/mol. The van der Waals surface area contributed by atoms with Gasteiger partial charge in [-0.2, -0.15) is 10.2 Å². The Kier molecular flexibility index (Phi) is 15.3. The molecule has 6 aromatic rings. The topological polar surface area (TPSA) is 346 Å². The van der Waals surface area contributed by atoms with Crippen LogP contribution in [0.5, 0.6) is 5.75 Å². The van der Waals surface area contributed by atoms with Crippen LogP contribution in [0, 0.1) is 19.8 Å². The summed E-state index contributed by atoms with van der Waals surface area (Å²) in [6.07, 6.45) is 3.98. The van der Waals surface area contributed by atoms with Crippen molar-refractivity contribution in [1.29, 1.82) is 0 Å². The lowest BCUT2D eigenvalue weighted by Gasteiger charge is -2.39. The van der Waals surface area contributed by atoms with Crippen molar-refractivity contribution >= 4 is 93.0 Å². The quantitative estimate of drug-likeness (QED) is 0.0417. The second-order valence-electron chi connectivity index (χ2n) is 17.9. The van der Waals surface area contributed by atoms with Crippen LogP contribution >= 0.6 is 11.8 Å². The molecule has 0 spiro atoms. The molecule has 2 aromatic carbocycles. The third-order valence-electron chi connectivity index (χ3n) is 12.6. The number of thioether (sulfide) groups is 1. The first-order valence-electron chi connectivity index (χ1n) is 23.6. The number of anilines is 2. The van der Waals surface area contributed by atoms with Gasteiger partial charge in [-0.3, -0.25) is 63.3 Å². The van der Waals surface area contributed by atoms with Gasteiger partial charge in [-0.1, -0.05) is 12.2 Å². The first kappa shape index (κ1) is 51.9. The van der Waals surface area contributed by atoms with E-state index in [-0.39, 0.29) is 91.1 Å². The summed E-state index contributed by atoms with van der Waals surface area (Å²) < 4.78 is 12.9. The molecule has 7 amide bonds. The molecule has 388 valence electrons. The normalized spacial score (nSPS) is 15.3. The maximum absolute atomic E-state index is 13.7. The van der Waals surface area contributed by atoms with E-state index >= 15 is 0 Å². The predicted octanol–water partition coefficient (Wildman–Crippen LogP) is 1.80. The van der Waals surface area contributed by atoms with Gasteiger partial charge in [0.05, 0.1) is 39.8 Å². The highest BCUT2D eigenvalue weighted by atomic mass is 32.2. The average Bonchev–Trinajstić information content (AvgIpc) is 4.14. The lowest BCUT2D eigenvalue weighted by Crippen LogP contribution is -2.51. The van der Waals surface area contributed by atoms with E-state index in [4.69, 9.17) is 32.0 Å². The molecule has 74 heavy (non-hydrogen) atoms. The molecule has 1 unspecified atom stereocenters. The van der Waals surface area contributed by atoms with Crippen molar-refractivity contribution in [3.05, 3.63) is 88.5 Å². The second kappa shape index (κ2) is 21.8. The first-order valence-corrected chi connectivity index (χ1v) is 24.7. The van der Waals surface area contributed by atoms with E-state index in [1.54, 1.807) is 69.9 Å². The summed E-state index contributed by atoms with van der Waals surface area (Å²) in [5, 5.41) is 22.8. The fraction of sp³-hybridized carbons (Fsp3) is 0.375. The maximum Gasteiger partial charge on any atom is 0.321 e. The molecule has 4 aromatic heterocycles. The maximum atomic E-state index is 13.7. The summed E-state index contributed by atoms with van der Waals surface area (Å²) in [6.45, 7) is 7.03. The molecule has 2 atom stereocenters. The van der Waals surface area contributed by atoms with Gasteiger partial charge in [-0.05, 0) is 75.6 Å². The van der Waals surface area contributed by atoms with Crippen molar-refractivity contribution in [2.45, 2.75) is 71.0 Å². The third kappa shape index (κ3) is 11.1. The number of hydrogen-bond donors (Lipinski definition) is 6. The van der Waals surface area contributed by atoms with Gasteiger partial charge in [0.2, 0.25) is 41.4 Å². The number of rotatable bonds is 22. The summed E-state index contributed by atoms with van der Waals surface area (Å²) in [6, 6.07) is 9.93. The van der Waals surface area contributed by atoms with Gasteiger partial charge in [-0.25, -0.2) is 9.97 Å². The fourth-order valence-electron chi connectivity index (χ4n) is 8.77. The fourth-order valence-corrected chi connectivity index (χ4v) is 9.88. The molecule has 9 N–H and O–H groups in total. The Hall–Kier alpha value is -8.39. The number of imidazole rings is 2. The molecule has 2 aliphatic rings. The zero-order chi connectivity index (χ0) is 53.1. The van der Waals surface area contributed by atoms with Crippen LogP contribution in [0.15, 0.2) is 54.6 Å². The molecule has 8 rings (SSSR count). The number of hydrogen-bond acceptors (Lipinski definition) is 15. The molecule has 2 aliphatic heterocycles. The van der Waals surface area contributed by atoms with Crippen LogP contribution in [0.4, 0.5) is 11.9 Å². The Balaban J connectivity index is 0.991. The lowest BCUT2D eigenvalue weighted by atomic mass is 9.96. The molecule has 25 nitrogen and oxygen atoms in total. The minimum Gasteiger partial charge on any atom is -0.491 e. The Bertz CT molecular complexity index is 3270. The van der Waals surface area contributed by atoms with Crippen molar-refractivity contribution in [3.8, 4) is 5.75 Å². The van der Waals surface area contributed by atoms with E-state index in [1.165, 1.54) is 16.8 Å². The standard InChI is InChI=1S/C48H55N15O10S/c1-5-63-35(17-26(3)57-63)44(69)55-47-52-31-18-28(41(50)66)8-9-33(31)60(47)12-6-7-13-62-40-32(53-48(62)54-43(68)34-16-25(2)56-58(34)4)19-29(42(51)67)20-36(40)73-15-11-27-22-59(23-27)38(64)10-14-61-39(65)21-37(45(61)70)74-24-30(49)46(71)72/h6-9,16-20,27,30,37H,5,10-15,21-24,49H2,1-4H3,(H2,50,66)(H2,51,67)(H,71,72)(H,52,55,69)(H,53,54,68)/b7-6+/t30-,37?/m0/s1. The summed E-state index contributed by atoms with van der Waals surface area (Å²) in [7, 11) is 1.64. The third-order valence-corrected chi connectivity index (χ3v) is 13.9. The summed E-state index contributed by atoms with van der Waals surface area (Å²) in [5.41, 5.74) is 20.9. The van der Waals surface area contributed by atoms with Gasteiger partial charge in [0.25, 0.3) is 11.8 Å². The molecule has 26 heteroatoms. The molecule has 6 heterocycles. The van der Waals surface area contributed by atoms with Crippen LogP contribution in [-0.4, -0.2) is 144 Å². The number of primary amides is 2. The Labute approximate surface area is 426 Å².